The van der Waals surface area contributed by atoms with Crippen LogP contribution < -0.4 is 10.6 Å². The van der Waals surface area contributed by atoms with Crippen LogP contribution in [0.4, 0.5) is 15.3 Å². The third-order valence-corrected chi connectivity index (χ3v) is 4.40. The fraction of sp³-hybridized carbons (Fsp3) is 0.222. The number of hydrogen-bond donors (Lipinski definition) is 2. The molecule has 26 heavy (non-hydrogen) atoms. The minimum Gasteiger partial charge on any atom is -0.360 e. The number of pyridine rings is 1. The molecule has 134 valence electrons. The summed E-state index contributed by atoms with van der Waals surface area (Å²) in [5.41, 5.74) is 1.82. The molecule has 2 heterocycles. The molecule has 2 aromatic heterocycles. The summed E-state index contributed by atoms with van der Waals surface area (Å²) in [4.78, 5) is 16.2. The summed E-state index contributed by atoms with van der Waals surface area (Å²) in [5.74, 6) is 0.173. The number of halogens is 1. The van der Waals surface area contributed by atoms with Crippen LogP contribution in [0.1, 0.15) is 22.7 Å². The second-order valence-electron chi connectivity index (χ2n) is 5.69. The molecule has 0 bridgehead atoms. The van der Waals surface area contributed by atoms with Gasteiger partial charge in [-0.1, -0.05) is 29.5 Å². The molecule has 0 unspecified atom stereocenters. The van der Waals surface area contributed by atoms with Crippen LogP contribution >= 0.6 is 11.3 Å². The standard InChI is InChI=1S/C18H18FN5OS/c1-12-3-2-4-15(21-12)22-16(25)9-10-20-18-24-23-17(26-18)11-13-5-7-14(19)8-6-13/h2-8H,9-11H2,1H3,(H,20,24)(H,21,22,25). The van der Waals surface area contributed by atoms with Crippen LogP contribution in [-0.2, 0) is 11.2 Å². The largest absolute Gasteiger partial charge is 0.360 e. The van der Waals surface area contributed by atoms with Gasteiger partial charge in [0.15, 0.2) is 0 Å². The lowest BCUT2D eigenvalue weighted by molar-refractivity contribution is -0.116. The number of carbonyl (C=O) groups is 1. The van der Waals surface area contributed by atoms with Crippen molar-refractivity contribution in [2.45, 2.75) is 19.8 Å². The number of aromatic nitrogens is 3. The van der Waals surface area contributed by atoms with Gasteiger partial charge in [-0.2, -0.15) is 0 Å². The smallest absolute Gasteiger partial charge is 0.227 e. The highest BCUT2D eigenvalue weighted by atomic mass is 32.1. The highest BCUT2D eigenvalue weighted by Crippen LogP contribution is 2.18. The van der Waals surface area contributed by atoms with E-state index < -0.39 is 0 Å². The monoisotopic (exact) mass is 371 g/mol. The van der Waals surface area contributed by atoms with Gasteiger partial charge in [0.1, 0.15) is 16.6 Å². The number of rotatable bonds is 7. The summed E-state index contributed by atoms with van der Waals surface area (Å²) >= 11 is 1.42. The molecule has 0 aliphatic heterocycles. The lowest BCUT2D eigenvalue weighted by atomic mass is 10.2. The molecular weight excluding hydrogens is 353 g/mol. The van der Waals surface area contributed by atoms with E-state index in [0.29, 0.717) is 30.3 Å². The Balaban J connectivity index is 1.44. The van der Waals surface area contributed by atoms with Crippen molar-refractivity contribution in [3.8, 4) is 0 Å². The van der Waals surface area contributed by atoms with E-state index >= 15 is 0 Å². The lowest BCUT2D eigenvalue weighted by Gasteiger charge is -2.05. The van der Waals surface area contributed by atoms with E-state index in [9.17, 15) is 9.18 Å². The third kappa shape index (κ3) is 5.32. The Hall–Kier alpha value is -2.87. The van der Waals surface area contributed by atoms with Gasteiger partial charge in [-0.15, -0.1) is 10.2 Å². The van der Waals surface area contributed by atoms with Gasteiger partial charge in [-0.25, -0.2) is 9.37 Å². The number of hydrogen-bond acceptors (Lipinski definition) is 6. The maximum absolute atomic E-state index is 12.9. The van der Waals surface area contributed by atoms with Gasteiger partial charge in [0.25, 0.3) is 0 Å². The number of benzene rings is 1. The predicted octanol–water partition coefficient (Wildman–Crippen LogP) is 3.41. The van der Waals surface area contributed by atoms with Crippen LogP contribution in [0.3, 0.4) is 0 Å². The van der Waals surface area contributed by atoms with Crippen molar-refractivity contribution < 1.29 is 9.18 Å². The Morgan fingerprint density at radius 1 is 1.15 bits per heavy atom. The van der Waals surface area contributed by atoms with Crippen molar-refractivity contribution in [1.82, 2.24) is 15.2 Å². The molecular formula is C18H18FN5OS. The molecule has 2 N–H and O–H groups in total. The zero-order valence-electron chi connectivity index (χ0n) is 14.2. The van der Waals surface area contributed by atoms with Crippen LogP contribution in [0.15, 0.2) is 42.5 Å². The van der Waals surface area contributed by atoms with Crippen LogP contribution in [0.25, 0.3) is 0 Å². The maximum atomic E-state index is 12.9. The van der Waals surface area contributed by atoms with Crippen LogP contribution in [0.5, 0.6) is 0 Å². The van der Waals surface area contributed by atoms with E-state index in [2.05, 4.69) is 25.8 Å². The zero-order valence-corrected chi connectivity index (χ0v) is 15.0. The van der Waals surface area contributed by atoms with Gasteiger partial charge in [-0.3, -0.25) is 4.79 Å². The fourth-order valence-electron chi connectivity index (χ4n) is 2.27. The summed E-state index contributed by atoms with van der Waals surface area (Å²) in [6.45, 7) is 2.32. The van der Waals surface area contributed by atoms with Gasteiger partial charge < -0.3 is 10.6 Å². The number of nitrogens with zero attached hydrogens (tertiary/aromatic N) is 3. The lowest BCUT2D eigenvalue weighted by Crippen LogP contribution is -2.17. The Labute approximate surface area is 154 Å². The Kier molecular flexibility index (Phi) is 5.85. The number of nitrogens with one attached hydrogen (secondary N) is 2. The van der Waals surface area contributed by atoms with Gasteiger partial charge in [0, 0.05) is 25.1 Å². The molecule has 0 spiro atoms. The Morgan fingerprint density at radius 2 is 1.96 bits per heavy atom. The molecule has 0 atom stereocenters. The Morgan fingerprint density at radius 3 is 2.73 bits per heavy atom. The topological polar surface area (TPSA) is 79.8 Å². The minimum absolute atomic E-state index is 0.119. The first-order chi connectivity index (χ1) is 12.6. The van der Waals surface area contributed by atoms with Gasteiger partial charge in [-0.05, 0) is 36.8 Å². The van der Waals surface area contributed by atoms with Crippen LogP contribution in [-0.4, -0.2) is 27.6 Å². The summed E-state index contributed by atoms with van der Waals surface area (Å²) in [6, 6.07) is 11.8. The minimum atomic E-state index is -0.257. The van der Waals surface area contributed by atoms with Gasteiger partial charge >= 0.3 is 0 Å². The summed E-state index contributed by atoms with van der Waals surface area (Å²) in [5, 5.41) is 15.5. The van der Waals surface area contributed by atoms with Crippen molar-refractivity contribution in [3.05, 3.63) is 64.5 Å². The van der Waals surface area contributed by atoms with E-state index in [1.165, 1.54) is 23.5 Å². The molecule has 0 fully saturated rings. The molecule has 3 aromatic rings. The summed E-state index contributed by atoms with van der Waals surface area (Å²) in [7, 11) is 0. The van der Waals surface area contributed by atoms with Crippen molar-refractivity contribution in [3.63, 3.8) is 0 Å². The molecule has 0 aliphatic rings. The SMILES string of the molecule is Cc1cccc(NC(=O)CCNc2nnc(Cc3ccc(F)cc3)s2)n1. The molecule has 1 aromatic carbocycles. The van der Waals surface area contributed by atoms with Gasteiger partial charge in [0.2, 0.25) is 11.0 Å². The molecule has 1 amide bonds. The molecule has 0 saturated carbocycles. The quantitative estimate of drug-likeness (QED) is 0.665. The van der Waals surface area contributed by atoms with E-state index in [4.69, 9.17) is 0 Å². The van der Waals surface area contributed by atoms with E-state index in [-0.39, 0.29) is 11.7 Å². The summed E-state index contributed by atoms with van der Waals surface area (Å²) < 4.78 is 12.9. The summed E-state index contributed by atoms with van der Waals surface area (Å²) in [6.07, 6.45) is 0.891. The number of carbonyl (C=O) groups excluding carboxylic acids is 1. The average Bonchev–Trinajstić information content (AvgIpc) is 3.04. The number of aryl methyl sites for hydroxylation is 1. The van der Waals surface area contributed by atoms with Crippen LogP contribution in [0.2, 0.25) is 0 Å². The Bertz CT molecular complexity index is 881. The van der Waals surface area contributed by atoms with E-state index in [1.807, 2.05) is 19.1 Å². The fourth-order valence-corrected chi connectivity index (χ4v) is 3.07. The highest BCUT2D eigenvalue weighted by Gasteiger charge is 2.07. The maximum Gasteiger partial charge on any atom is 0.227 e. The second kappa shape index (κ2) is 8.48. The van der Waals surface area contributed by atoms with Crippen LogP contribution in [0, 0.1) is 12.7 Å². The van der Waals surface area contributed by atoms with Gasteiger partial charge in [0.05, 0.1) is 0 Å². The van der Waals surface area contributed by atoms with Crippen molar-refractivity contribution in [1.29, 1.82) is 0 Å². The molecule has 8 heteroatoms. The highest BCUT2D eigenvalue weighted by molar-refractivity contribution is 7.15. The number of anilines is 2. The molecule has 3 rings (SSSR count). The first-order valence-corrected chi connectivity index (χ1v) is 8.94. The van der Waals surface area contributed by atoms with E-state index in [1.54, 1.807) is 18.2 Å². The first-order valence-electron chi connectivity index (χ1n) is 8.13. The van der Waals surface area contributed by atoms with E-state index in [0.717, 1.165) is 16.3 Å². The van der Waals surface area contributed by atoms with Crippen molar-refractivity contribution in [2.75, 3.05) is 17.2 Å². The second-order valence-corrected chi connectivity index (χ2v) is 6.76. The van der Waals surface area contributed by atoms with Crippen molar-refractivity contribution in [2.24, 2.45) is 0 Å². The molecule has 6 nitrogen and oxygen atoms in total. The molecule has 0 aliphatic carbocycles. The zero-order chi connectivity index (χ0) is 18.4. The third-order valence-electron chi connectivity index (χ3n) is 3.52. The predicted molar refractivity (Wildman–Crippen MR) is 99.8 cm³/mol. The first kappa shape index (κ1) is 17.9. The molecule has 0 radical (unpaired) electrons. The normalized spacial score (nSPS) is 10.5. The average molecular weight is 371 g/mol. The number of amides is 1. The van der Waals surface area contributed by atoms with Crippen molar-refractivity contribution >= 4 is 28.2 Å². The molecule has 0 saturated heterocycles.